The Hall–Kier alpha value is -0.960. The SMILES string of the molecule is CC1CCCC(CCNC(C)c2c(F)cccc2F)C1. The Morgan fingerprint density at radius 1 is 1.25 bits per heavy atom. The van der Waals surface area contributed by atoms with E-state index >= 15 is 0 Å². The molecule has 3 atom stereocenters. The van der Waals surface area contributed by atoms with Crippen molar-refractivity contribution in [3.63, 3.8) is 0 Å². The van der Waals surface area contributed by atoms with Crippen LogP contribution in [0.2, 0.25) is 0 Å². The fourth-order valence-corrected chi connectivity index (χ4v) is 3.35. The van der Waals surface area contributed by atoms with E-state index in [4.69, 9.17) is 0 Å². The molecule has 1 fully saturated rings. The first-order chi connectivity index (χ1) is 9.58. The van der Waals surface area contributed by atoms with Crippen molar-refractivity contribution >= 4 is 0 Å². The molecule has 1 aliphatic rings. The van der Waals surface area contributed by atoms with Crippen LogP contribution in [0.3, 0.4) is 0 Å². The van der Waals surface area contributed by atoms with Gasteiger partial charge in [0.2, 0.25) is 0 Å². The summed E-state index contributed by atoms with van der Waals surface area (Å²) < 4.78 is 27.3. The number of rotatable bonds is 5. The Labute approximate surface area is 120 Å². The van der Waals surface area contributed by atoms with E-state index in [0.717, 1.165) is 24.8 Å². The zero-order valence-corrected chi connectivity index (χ0v) is 12.5. The Morgan fingerprint density at radius 2 is 1.95 bits per heavy atom. The fourth-order valence-electron chi connectivity index (χ4n) is 3.35. The van der Waals surface area contributed by atoms with Gasteiger partial charge in [0.15, 0.2) is 0 Å². The van der Waals surface area contributed by atoms with Gasteiger partial charge < -0.3 is 5.32 Å². The number of nitrogens with one attached hydrogen (secondary N) is 1. The van der Waals surface area contributed by atoms with Crippen LogP contribution in [-0.2, 0) is 0 Å². The van der Waals surface area contributed by atoms with Crippen LogP contribution >= 0.6 is 0 Å². The molecule has 1 nitrogen and oxygen atoms in total. The summed E-state index contributed by atoms with van der Waals surface area (Å²) >= 11 is 0. The molecule has 3 heteroatoms. The predicted molar refractivity (Wildman–Crippen MR) is 78.5 cm³/mol. The van der Waals surface area contributed by atoms with Crippen LogP contribution in [0.15, 0.2) is 18.2 Å². The molecule has 0 saturated heterocycles. The summed E-state index contributed by atoms with van der Waals surface area (Å²) in [6.07, 6.45) is 6.37. The highest BCUT2D eigenvalue weighted by molar-refractivity contribution is 5.22. The molecular formula is C17H25F2N. The first-order valence-electron chi connectivity index (χ1n) is 7.75. The minimum Gasteiger partial charge on any atom is -0.310 e. The van der Waals surface area contributed by atoms with E-state index in [1.54, 1.807) is 0 Å². The van der Waals surface area contributed by atoms with Crippen molar-refractivity contribution in [3.05, 3.63) is 35.4 Å². The summed E-state index contributed by atoms with van der Waals surface area (Å²) in [6.45, 7) is 4.97. The lowest BCUT2D eigenvalue weighted by Crippen LogP contribution is -2.25. The second kappa shape index (κ2) is 7.16. The van der Waals surface area contributed by atoms with Crippen LogP contribution in [0.1, 0.15) is 57.6 Å². The number of benzene rings is 1. The van der Waals surface area contributed by atoms with Crippen molar-refractivity contribution in [1.29, 1.82) is 0 Å². The Kier molecular flexibility index (Phi) is 5.53. The van der Waals surface area contributed by atoms with Crippen molar-refractivity contribution in [2.24, 2.45) is 11.8 Å². The summed E-state index contributed by atoms with van der Waals surface area (Å²) in [5.41, 5.74) is 0.157. The molecule has 0 bridgehead atoms. The third-order valence-corrected chi connectivity index (χ3v) is 4.48. The van der Waals surface area contributed by atoms with E-state index in [0.29, 0.717) is 0 Å². The van der Waals surface area contributed by atoms with Crippen LogP contribution in [0.5, 0.6) is 0 Å². The molecule has 0 spiro atoms. The lowest BCUT2D eigenvalue weighted by Gasteiger charge is -2.27. The quantitative estimate of drug-likeness (QED) is 0.815. The largest absolute Gasteiger partial charge is 0.310 e. The molecule has 0 aliphatic heterocycles. The molecule has 1 aromatic rings. The van der Waals surface area contributed by atoms with Crippen LogP contribution in [0, 0.1) is 23.5 Å². The van der Waals surface area contributed by atoms with Gasteiger partial charge in [0.05, 0.1) is 0 Å². The molecule has 2 rings (SSSR count). The molecule has 0 radical (unpaired) electrons. The van der Waals surface area contributed by atoms with Gasteiger partial charge in [-0.2, -0.15) is 0 Å². The van der Waals surface area contributed by atoms with Crippen molar-refractivity contribution in [1.82, 2.24) is 5.32 Å². The summed E-state index contributed by atoms with van der Waals surface area (Å²) in [7, 11) is 0. The zero-order valence-electron chi connectivity index (χ0n) is 12.5. The van der Waals surface area contributed by atoms with Gasteiger partial charge in [-0.1, -0.05) is 32.3 Å². The van der Waals surface area contributed by atoms with Gasteiger partial charge in [0.1, 0.15) is 11.6 Å². The average Bonchev–Trinajstić information content (AvgIpc) is 2.38. The van der Waals surface area contributed by atoms with E-state index in [-0.39, 0.29) is 11.6 Å². The Morgan fingerprint density at radius 3 is 2.60 bits per heavy atom. The van der Waals surface area contributed by atoms with Gasteiger partial charge in [0, 0.05) is 11.6 Å². The molecular weight excluding hydrogens is 256 g/mol. The maximum Gasteiger partial charge on any atom is 0.130 e. The molecule has 1 saturated carbocycles. The number of halogens is 2. The van der Waals surface area contributed by atoms with Crippen molar-refractivity contribution in [2.45, 2.75) is 52.0 Å². The summed E-state index contributed by atoms with van der Waals surface area (Å²) in [4.78, 5) is 0. The molecule has 20 heavy (non-hydrogen) atoms. The van der Waals surface area contributed by atoms with Gasteiger partial charge in [-0.05, 0) is 50.3 Å². The van der Waals surface area contributed by atoms with Crippen molar-refractivity contribution in [3.8, 4) is 0 Å². The molecule has 0 amide bonds. The summed E-state index contributed by atoms with van der Waals surface area (Å²) in [5.74, 6) is 0.673. The molecule has 0 aromatic heterocycles. The van der Waals surface area contributed by atoms with Crippen LogP contribution < -0.4 is 5.32 Å². The van der Waals surface area contributed by atoms with Crippen molar-refractivity contribution < 1.29 is 8.78 Å². The minimum atomic E-state index is -0.462. The van der Waals surface area contributed by atoms with E-state index in [9.17, 15) is 8.78 Å². The fraction of sp³-hybridized carbons (Fsp3) is 0.647. The topological polar surface area (TPSA) is 12.0 Å². The number of hydrogen-bond acceptors (Lipinski definition) is 1. The van der Waals surface area contributed by atoms with Crippen LogP contribution in [0.25, 0.3) is 0 Å². The normalized spacial score (nSPS) is 24.6. The van der Waals surface area contributed by atoms with Gasteiger partial charge in [-0.25, -0.2) is 8.78 Å². The first-order valence-corrected chi connectivity index (χ1v) is 7.75. The lowest BCUT2D eigenvalue weighted by atomic mass is 9.81. The third kappa shape index (κ3) is 4.02. The standard InChI is InChI=1S/C17H25F2N/c1-12-5-3-6-14(11-12)9-10-20-13(2)17-15(18)7-4-8-16(17)19/h4,7-8,12-14,20H,3,5-6,9-11H2,1-2H3. The Bertz CT molecular complexity index is 413. The van der Waals surface area contributed by atoms with E-state index in [2.05, 4.69) is 12.2 Å². The second-order valence-electron chi connectivity index (χ2n) is 6.24. The highest BCUT2D eigenvalue weighted by Crippen LogP contribution is 2.30. The van der Waals surface area contributed by atoms with Gasteiger partial charge in [-0.15, -0.1) is 0 Å². The van der Waals surface area contributed by atoms with E-state index in [1.165, 1.54) is 43.9 Å². The smallest absolute Gasteiger partial charge is 0.130 e. The predicted octanol–water partition coefficient (Wildman–Crippen LogP) is 4.83. The van der Waals surface area contributed by atoms with Gasteiger partial charge in [-0.3, -0.25) is 0 Å². The van der Waals surface area contributed by atoms with Gasteiger partial charge in [0.25, 0.3) is 0 Å². The number of hydrogen-bond donors (Lipinski definition) is 1. The van der Waals surface area contributed by atoms with Crippen LogP contribution in [0.4, 0.5) is 8.78 Å². The molecule has 3 unspecified atom stereocenters. The maximum absolute atomic E-state index is 13.7. The van der Waals surface area contributed by atoms with Gasteiger partial charge >= 0.3 is 0 Å². The highest BCUT2D eigenvalue weighted by atomic mass is 19.1. The Balaban J connectivity index is 1.82. The maximum atomic E-state index is 13.7. The average molecular weight is 281 g/mol. The summed E-state index contributed by atoms with van der Waals surface area (Å²) in [5, 5.41) is 3.26. The molecule has 112 valence electrons. The van der Waals surface area contributed by atoms with Crippen LogP contribution in [-0.4, -0.2) is 6.54 Å². The van der Waals surface area contributed by atoms with E-state index < -0.39 is 11.6 Å². The molecule has 1 aliphatic carbocycles. The third-order valence-electron chi connectivity index (χ3n) is 4.48. The molecule has 1 aromatic carbocycles. The molecule has 1 N–H and O–H groups in total. The zero-order chi connectivity index (χ0) is 14.5. The van der Waals surface area contributed by atoms with Crippen molar-refractivity contribution in [2.75, 3.05) is 6.54 Å². The monoisotopic (exact) mass is 281 g/mol. The second-order valence-corrected chi connectivity index (χ2v) is 6.24. The first kappa shape index (κ1) is 15.4. The molecule has 0 heterocycles. The minimum absolute atomic E-state index is 0.157. The lowest BCUT2D eigenvalue weighted by molar-refractivity contribution is 0.265. The summed E-state index contributed by atoms with van der Waals surface area (Å²) in [6, 6.07) is 3.76. The highest BCUT2D eigenvalue weighted by Gasteiger charge is 2.19. The van der Waals surface area contributed by atoms with E-state index in [1.807, 2.05) is 6.92 Å².